The van der Waals surface area contributed by atoms with Gasteiger partial charge >= 0.3 is 0 Å². The van der Waals surface area contributed by atoms with Crippen LogP contribution < -0.4 is 0 Å². The van der Waals surface area contributed by atoms with Crippen molar-refractivity contribution in [3.63, 3.8) is 0 Å². The number of ether oxygens (including phenoxy) is 1. The van der Waals surface area contributed by atoms with E-state index in [0.29, 0.717) is 50.7 Å². The van der Waals surface area contributed by atoms with Crippen LogP contribution in [0.2, 0.25) is 0 Å². The number of aromatic nitrogens is 1. The van der Waals surface area contributed by atoms with Gasteiger partial charge in [-0.25, -0.2) is 0 Å². The van der Waals surface area contributed by atoms with E-state index in [9.17, 15) is 9.59 Å². The third-order valence-corrected chi connectivity index (χ3v) is 3.57. The summed E-state index contributed by atoms with van der Waals surface area (Å²) in [6, 6.07) is 3.23. The van der Waals surface area contributed by atoms with Crippen LogP contribution in [0.5, 0.6) is 0 Å². The topological polar surface area (TPSA) is 62.7 Å². The lowest BCUT2D eigenvalue weighted by Gasteiger charge is -2.26. The predicted molar refractivity (Wildman–Crippen MR) is 78.2 cm³/mol. The van der Waals surface area contributed by atoms with Crippen LogP contribution in [0.4, 0.5) is 0 Å². The Kier molecular flexibility index (Phi) is 5.27. The quantitative estimate of drug-likeness (QED) is 0.831. The van der Waals surface area contributed by atoms with Crippen molar-refractivity contribution in [1.82, 2.24) is 14.8 Å². The van der Waals surface area contributed by atoms with Crippen molar-refractivity contribution in [3.8, 4) is 0 Å². The summed E-state index contributed by atoms with van der Waals surface area (Å²) in [5, 5.41) is 0. The van der Waals surface area contributed by atoms with Crippen molar-refractivity contribution in [2.75, 3.05) is 39.4 Å². The monoisotopic (exact) mass is 291 g/mol. The molecule has 114 valence electrons. The van der Waals surface area contributed by atoms with E-state index in [1.807, 2.05) is 13.8 Å². The van der Waals surface area contributed by atoms with Crippen molar-refractivity contribution in [2.45, 2.75) is 13.8 Å². The lowest BCUT2D eigenvalue weighted by atomic mass is 10.2. The molecule has 2 rings (SSSR count). The van der Waals surface area contributed by atoms with Crippen LogP contribution in [-0.2, 0) is 4.74 Å². The minimum atomic E-state index is -0.146. The van der Waals surface area contributed by atoms with Crippen LogP contribution in [0.15, 0.2) is 18.3 Å². The van der Waals surface area contributed by atoms with Crippen LogP contribution >= 0.6 is 0 Å². The van der Waals surface area contributed by atoms with Crippen molar-refractivity contribution >= 4 is 11.8 Å². The second-order valence-electron chi connectivity index (χ2n) is 4.81. The fraction of sp³-hybridized carbons (Fsp3) is 0.533. The summed E-state index contributed by atoms with van der Waals surface area (Å²) >= 11 is 0. The van der Waals surface area contributed by atoms with E-state index in [4.69, 9.17) is 4.74 Å². The van der Waals surface area contributed by atoms with Crippen LogP contribution in [0.1, 0.15) is 34.7 Å². The third-order valence-electron chi connectivity index (χ3n) is 3.57. The molecule has 2 heterocycles. The highest BCUT2D eigenvalue weighted by Gasteiger charge is 2.21. The number of rotatable bonds is 4. The molecule has 0 saturated carbocycles. The van der Waals surface area contributed by atoms with Gasteiger partial charge in [0, 0.05) is 37.9 Å². The Morgan fingerprint density at radius 2 is 1.95 bits per heavy atom. The first kappa shape index (κ1) is 15.4. The highest BCUT2D eigenvalue weighted by molar-refractivity contribution is 5.98. The fourth-order valence-electron chi connectivity index (χ4n) is 2.30. The molecule has 1 aliphatic rings. The molecule has 0 unspecified atom stereocenters. The summed E-state index contributed by atoms with van der Waals surface area (Å²) in [5.41, 5.74) is 0.820. The second kappa shape index (κ2) is 7.17. The average molecular weight is 291 g/mol. The van der Waals surface area contributed by atoms with Gasteiger partial charge in [-0.1, -0.05) is 0 Å². The van der Waals surface area contributed by atoms with E-state index < -0.39 is 0 Å². The summed E-state index contributed by atoms with van der Waals surface area (Å²) in [6.45, 7) is 7.37. The maximum absolute atomic E-state index is 12.4. The van der Waals surface area contributed by atoms with E-state index in [1.54, 1.807) is 21.9 Å². The Morgan fingerprint density at radius 1 is 1.29 bits per heavy atom. The van der Waals surface area contributed by atoms with Gasteiger partial charge in [0.2, 0.25) is 0 Å². The smallest absolute Gasteiger partial charge is 0.272 e. The lowest BCUT2D eigenvalue weighted by molar-refractivity contribution is 0.0299. The Balaban J connectivity index is 2.16. The Labute approximate surface area is 124 Å². The molecule has 0 N–H and O–H groups in total. The minimum Gasteiger partial charge on any atom is -0.378 e. The number of morpholine rings is 1. The van der Waals surface area contributed by atoms with Crippen LogP contribution in [0, 0.1) is 0 Å². The first-order chi connectivity index (χ1) is 10.2. The van der Waals surface area contributed by atoms with Gasteiger partial charge in [-0.2, -0.15) is 0 Å². The zero-order valence-electron chi connectivity index (χ0n) is 12.5. The van der Waals surface area contributed by atoms with Crippen LogP contribution in [0.25, 0.3) is 0 Å². The molecule has 1 aromatic rings. The molecule has 2 amide bonds. The van der Waals surface area contributed by atoms with Gasteiger partial charge in [0.1, 0.15) is 5.69 Å². The van der Waals surface area contributed by atoms with Crippen molar-refractivity contribution in [1.29, 1.82) is 0 Å². The Bertz CT molecular complexity index is 509. The van der Waals surface area contributed by atoms with Gasteiger partial charge in [0.15, 0.2) is 0 Å². The number of hydrogen-bond acceptors (Lipinski definition) is 4. The van der Waals surface area contributed by atoms with Gasteiger partial charge in [-0.15, -0.1) is 0 Å². The molecule has 0 aliphatic carbocycles. The van der Waals surface area contributed by atoms with Crippen molar-refractivity contribution in [2.24, 2.45) is 0 Å². The second-order valence-corrected chi connectivity index (χ2v) is 4.81. The number of carbonyl (C=O) groups excluding carboxylic acids is 2. The summed E-state index contributed by atoms with van der Waals surface area (Å²) < 4.78 is 5.23. The predicted octanol–water partition coefficient (Wildman–Crippen LogP) is 1.04. The molecule has 1 fully saturated rings. The van der Waals surface area contributed by atoms with E-state index in [0.717, 1.165) is 0 Å². The van der Waals surface area contributed by atoms with Gasteiger partial charge in [-0.05, 0) is 26.0 Å². The van der Waals surface area contributed by atoms with Gasteiger partial charge in [0.25, 0.3) is 11.8 Å². The molecule has 0 atom stereocenters. The average Bonchev–Trinajstić information content (AvgIpc) is 2.56. The summed E-state index contributed by atoms with van der Waals surface area (Å²) in [7, 11) is 0. The normalized spacial score (nSPS) is 14.9. The first-order valence-corrected chi connectivity index (χ1v) is 7.29. The molecule has 1 saturated heterocycles. The molecule has 0 radical (unpaired) electrons. The van der Waals surface area contributed by atoms with E-state index in [1.165, 1.54) is 6.20 Å². The van der Waals surface area contributed by atoms with E-state index >= 15 is 0 Å². The maximum Gasteiger partial charge on any atom is 0.272 e. The maximum atomic E-state index is 12.4. The molecular weight excluding hydrogens is 270 g/mol. The van der Waals surface area contributed by atoms with Gasteiger partial charge < -0.3 is 14.5 Å². The number of hydrogen-bond donors (Lipinski definition) is 0. The number of nitrogens with zero attached hydrogens (tertiary/aromatic N) is 3. The first-order valence-electron chi connectivity index (χ1n) is 7.29. The van der Waals surface area contributed by atoms with Crippen molar-refractivity contribution < 1.29 is 14.3 Å². The zero-order chi connectivity index (χ0) is 15.2. The Hall–Kier alpha value is -1.95. The molecule has 21 heavy (non-hydrogen) atoms. The highest BCUT2D eigenvalue weighted by Crippen LogP contribution is 2.10. The number of amides is 2. The third kappa shape index (κ3) is 3.58. The molecule has 0 bridgehead atoms. The summed E-state index contributed by atoms with van der Waals surface area (Å²) in [4.78, 5) is 32.2. The molecule has 6 heteroatoms. The summed E-state index contributed by atoms with van der Waals surface area (Å²) in [6.07, 6.45) is 1.52. The number of pyridine rings is 1. The molecule has 1 aromatic heterocycles. The van der Waals surface area contributed by atoms with Crippen molar-refractivity contribution in [3.05, 3.63) is 29.6 Å². The molecule has 1 aliphatic heterocycles. The van der Waals surface area contributed by atoms with Gasteiger partial charge in [-0.3, -0.25) is 14.6 Å². The molecule has 6 nitrogen and oxygen atoms in total. The fourth-order valence-corrected chi connectivity index (χ4v) is 2.30. The zero-order valence-corrected chi connectivity index (χ0v) is 12.5. The Morgan fingerprint density at radius 3 is 2.57 bits per heavy atom. The van der Waals surface area contributed by atoms with Crippen LogP contribution in [0.3, 0.4) is 0 Å². The number of carbonyl (C=O) groups is 2. The minimum absolute atomic E-state index is 0.0709. The summed E-state index contributed by atoms with van der Waals surface area (Å²) in [5.74, 6) is -0.217. The molecule has 0 spiro atoms. The van der Waals surface area contributed by atoms with Gasteiger partial charge in [0.05, 0.1) is 13.2 Å². The largest absolute Gasteiger partial charge is 0.378 e. The SMILES string of the molecule is CCN(CC)C(=O)c1ccnc(C(=O)N2CCOCC2)c1. The molecule has 0 aromatic carbocycles. The lowest BCUT2D eigenvalue weighted by Crippen LogP contribution is -2.41. The van der Waals surface area contributed by atoms with E-state index in [-0.39, 0.29) is 11.8 Å². The highest BCUT2D eigenvalue weighted by atomic mass is 16.5. The molecular formula is C15H21N3O3. The van der Waals surface area contributed by atoms with Crippen LogP contribution in [-0.4, -0.2) is 66.0 Å². The standard InChI is InChI=1S/C15H21N3O3/c1-3-17(4-2)14(19)12-5-6-16-13(11-12)15(20)18-7-9-21-10-8-18/h5-6,11H,3-4,7-10H2,1-2H3. The van der Waals surface area contributed by atoms with E-state index in [2.05, 4.69) is 4.98 Å².